The van der Waals surface area contributed by atoms with Crippen LogP contribution in [0.1, 0.15) is 23.7 Å². The fourth-order valence-corrected chi connectivity index (χ4v) is 4.37. The first-order valence-corrected chi connectivity index (χ1v) is 10.9. The molecule has 2 heterocycles. The van der Waals surface area contributed by atoms with Gasteiger partial charge in [-0.15, -0.1) is 10.2 Å². The maximum atomic E-state index is 12.6. The van der Waals surface area contributed by atoms with Crippen LogP contribution < -0.4 is 5.32 Å². The number of nitrogens with zero attached hydrogens (tertiary/aromatic N) is 4. The number of nitrogens with one attached hydrogen (secondary N) is 1. The Morgan fingerprint density at radius 2 is 2.07 bits per heavy atom. The topological polar surface area (TPSA) is 85.8 Å². The molecule has 0 aliphatic rings. The van der Waals surface area contributed by atoms with Crippen LogP contribution in [-0.2, 0) is 23.5 Å². The van der Waals surface area contributed by atoms with Gasteiger partial charge in [-0.3, -0.25) is 14.7 Å². The van der Waals surface area contributed by atoms with Gasteiger partial charge in [0.1, 0.15) is 5.69 Å². The minimum atomic E-state index is -0.226. The Morgan fingerprint density at radius 3 is 2.87 bits per heavy atom. The summed E-state index contributed by atoms with van der Waals surface area (Å²) in [5.41, 5.74) is 3.37. The predicted molar refractivity (Wildman–Crippen MR) is 118 cm³/mol. The van der Waals surface area contributed by atoms with E-state index in [2.05, 4.69) is 20.7 Å². The van der Waals surface area contributed by atoms with Crippen molar-refractivity contribution in [3.8, 4) is 0 Å². The van der Waals surface area contributed by atoms with E-state index in [0.717, 1.165) is 26.7 Å². The zero-order valence-corrected chi connectivity index (χ0v) is 18.1. The molecule has 4 aromatic rings. The highest BCUT2D eigenvalue weighted by atomic mass is 35.5. The van der Waals surface area contributed by atoms with E-state index in [4.69, 9.17) is 16.1 Å². The number of amides is 1. The van der Waals surface area contributed by atoms with E-state index in [0.29, 0.717) is 29.5 Å². The first kappa shape index (κ1) is 20.4. The number of anilines is 1. The van der Waals surface area contributed by atoms with Crippen LogP contribution in [0.15, 0.2) is 52.1 Å². The Hall–Kier alpha value is -2.84. The van der Waals surface area contributed by atoms with Gasteiger partial charge in [0, 0.05) is 22.7 Å². The van der Waals surface area contributed by atoms with Crippen LogP contribution in [0.3, 0.4) is 0 Å². The molecule has 0 unspecified atom stereocenters. The molecule has 0 bridgehead atoms. The Bertz CT molecular complexity index is 1200. The number of aryl methyl sites for hydroxylation is 1. The van der Waals surface area contributed by atoms with E-state index in [1.165, 1.54) is 11.8 Å². The molecule has 0 aliphatic carbocycles. The quantitative estimate of drug-likeness (QED) is 0.411. The summed E-state index contributed by atoms with van der Waals surface area (Å²) >= 11 is 7.75. The fraction of sp³-hybridized carbons (Fsp3) is 0.238. The number of carbonyl (C=O) groups excluding carboxylic acids is 1. The van der Waals surface area contributed by atoms with E-state index < -0.39 is 0 Å². The third-order valence-electron chi connectivity index (χ3n) is 4.63. The summed E-state index contributed by atoms with van der Waals surface area (Å²) in [6, 6.07) is 13.5. The van der Waals surface area contributed by atoms with Gasteiger partial charge in [-0.25, -0.2) is 0 Å². The summed E-state index contributed by atoms with van der Waals surface area (Å²) < 4.78 is 7.18. The molecule has 2 aromatic carbocycles. The van der Waals surface area contributed by atoms with Gasteiger partial charge >= 0.3 is 0 Å². The van der Waals surface area contributed by atoms with Crippen molar-refractivity contribution in [1.29, 1.82) is 0 Å². The number of benzene rings is 2. The van der Waals surface area contributed by atoms with Crippen molar-refractivity contribution in [2.75, 3.05) is 5.32 Å². The Morgan fingerprint density at radius 1 is 1.23 bits per heavy atom. The molecule has 0 atom stereocenters. The minimum Gasteiger partial charge on any atom is -0.356 e. The molecule has 0 saturated heterocycles. The molecule has 9 heteroatoms. The number of fused-ring (bicyclic) bond motifs is 1. The van der Waals surface area contributed by atoms with Gasteiger partial charge in [-0.1, -0.05) is 58.3 Å². The molecule has 7 nitrogen and oxygen atoms in total. The Labute approximate surface area is 182 Å². The number of carbonyl (C=O) groups is 1. The molecule has 0 fully saturated rings. The average Bonchev–Trinajstić information content (AvgIpc) is 3.30. The molecule has 1 N–H and O–H groups in total. The molecule has 4 rings (SSSR count). The van der Waals surface area contributed by atoms with Crippen molar-refractivity contribution < 1.29 is 9.32 Å². The molecule has 0 aliphatic heterocycles. The van der Waals surface area contributed by atoms with Gasteiger partial charge < -0.3 is 4.52 Å². The average molecular weight is 442 g/mol. The van der Waals surface area contributed by atoms with Crippen molar-refractivity contribution in [2.45, 2.75) is 37.7 Å². The van der Waals surface area contributed by atoms with Crippen molar-refractivity contribution in [2.24, 2.45) is 0 Å². The molecule has 2 aromatic heterocycles. The summed E-state index contributed by atoms with van der Waals surface area (Å²) in [5.74, 6) is 0.848. The van der Waals surface area contributed by atoms with Crippen LogP contribution in [0.4, 0.5) is 5.95 Å². The van der Waals surface area contributed by atoms with Crippen molar-refractivity contribution >= 4 is 46.2 Å². The third kappa shape index (κ3) is 4.34. The lowest BCUT2D eigenvalue weighted by atomic mass is 10.1. The number of rotatable bonds is 7. The van der Waals surface area contributed by atoms with Crippen LogP contribution in [0.2, 0.25) is 5.02 Å². The van der Waals surface area contributed by atoms with Crippen LogP contribution in [-0.4, -0.2) is 25.8 Å². The first-order chi connectivity index (χ1) is 14.5. The molecule has 0 spiro atoms. The maximum Gasteiger partial charge on any atom is 0.232 e. The Kier molecular flexibility index (Phi) is 6.06. The number of halogens is 1. The lowest BCUT2D eigenvalue weighted by Crippen LogP contribution is -2.18. The highest BCUT2D eigenvalue weighted by molar-refractivity contribution is 7.98. The fourth-order valence-electron chi connectivity index (χ4n) is 3.08. The molecule has 0 radical (unpaired) electrons. The molecule has 154 valence electrons. The number of hydrogen-bond acceptors (Lipinski definition) is 6. The van der Waals surface area contributed by atoms with E-state index in [1.807, 2.05) is 60.9 Å². The van der Waals surface area contributed by atoms with Crippen molar-refractivity contribution in [3.05, 3.63) is 64.3 Å². The second-order valence-electron chi connectivity index (χ2n) is 6.78. The van der Waals surface area contributed by atoms with E-state index in [1.54, 1.807) is 0 Å². The zero-order valence-electron chi connectivity index (χ0n) is 16.6. The maximum absolute atomic E-state index is 12.6. The highest BCUT2D eigenvalue weighted by Crippen LogP contribution is 2.27. The Balaban J connectivity index is 1.45. The van der Waals surface area contributed by atoms with Gasteiger partial charge in [0.05, 0.1) is 6.42 Å². The van der Waals surface area contributed by atoms with Crippen LogP contribution in [0.5, 0.6) is 0 Å². The van der Waals surface area contributed by atoms with Crippen molar-refractivity contribution in [1.82, 2.24) is 19.9 Å². The standard InChI is InChI=1S/C21H20ClN5O2S/c1-3-27-20(24-25-21(27)30-12-14-6-4-5-7-16(14)22)23-19(28)11-17-15-10-13(2)8-9-18(15)29-26-17/h4-10H,3,11-12H2,1-2H3,(H,23,24,28). The molecular formula is C21H20ClN5O2S. The van der Waals surface area contributed by atoms with Crippen LogP contribution >= 0.6 is 23.4 Å². The summed E-state index contributed by atoms with van der Waals surface area (Å²) in [5, 5.41) is 17.5. The summed E-state index contributed by atoms with van der Waals surface area (Å²) in [6.45, 7) is 4.59. The molecule has 30 heavy (non-hydrogen) atoms. The van der Waals surface area contributed by atoms with Gasteiger partial charge in [0.15, 0.2) is 10.7 Å². The molecule has 1 amide bonds. The van der Waals surface area contributed by atoms with Crippen LogP contribution in [0, 0.1) is 6.92 Å². The first-order valence-electron chi connectivity index (χ1n) is 9.49. The van der Waals surface area contributed by atoms with Crippen molar-refractivity contribution in [3.63, 3.8) is 0 Å². The van der Waals surface area contributed by atoms with E-state index >= 15 is 0 Å². The second-order valence-corrected chi connectivity index (χ2v) is 8.13. The summed E-state index contributed by atoms with van der Waals surface area (Å²) in [4.78, 5) is 12.6. The lowest BCUT2D eigenvalue weighted by Gasteiger charge is -2.08. The highest BCUT2D eigenvalue weighted by Gasteiger charge is 2.17. The van der Waals surface area contributed by atoms with E-state index in [-0.39, 0.29) is 12.3 Å². The normalized spacial score (nSPS) is 11.2. The number of thioether (sulfide) groups is 1. The lowest BCUT2D eigenvalue weighted by molar-refractivity contribution is -0.115. The SMILES string of the molecule is CCn1c(NC(=O)Cc2noc3ccc(C)cc23)nnc1SCc1ccccc1Cl. The summed E-state index contributed by atoms with van der Waals surface area (Å²) in [6.07, 6.45) is 0.0924. The molecular weight excluding hydrogens is 422 g/mol. The predicted octanol–water partition coefficient (Wildman–Crippen LogP) is 4.87. The summed E-state index contributed by atoms with van der Waals surface area (Å²) in [7, 11) is 0. The van der Waals surface area contributed by atoms with Gasteiger partial charge in [0.2, 0.25) is 11.9 Å². The zero-order chi connectivity index (χ0) is 21.1. The minimum absolute atomic E-state index is 0.0924. The monoisotopic (exact) mass is 441 g/mol. The van der Waals surface area contributed by atoms with Crippen LogP contribution in [0.25, 0.3) is 11.0 Å². The number of hydrogen-bond donors (Lipinski definition) is 1. The third-order valence-corrected chi connectivity index (χ3v) is 6.01. The van der Waals surface area contributed by atoms with Gasteiger partial charge in [0.25, 0.3) is 0 Å². The van der Waals surface area contributed by atoms with Gasteiger partial charge in [-0.2, -0.15) is 0 Å². The smallest absolute Gasteiger partial charge is 0.232 e. The number of aromatic nitrogens is 4. The second kappa shape index (κ2) is 8.89. The van der Waals surface area contributed by atoms with Gasteiger partial charge in [-0.05, 0) is 37.6 Å². The van der Waals surface area contributed by atoms with E-state index in [9.17, 15) is 4.79 Å². The molecule has 0 saturated carbocycles. The largest absolute Gasteiger partial charge is 0.356 e.